The molecule has 0 radical (unpaired) electrons. The van der Waals surface area contributed by atoms with Crippen LogP contribution < -0.4 is 5.32 Å². The van der Waals surface area contributed by atoms with Crippen LogP contribution in [0.2, 0.25) is 0 Å². The molecule has 0 aliphatic heterocycles. The van der Waals surface area contributed by atoms with E-state index in [1.807, 2.05) is 0 Å². The highest BCUT2D eigenvalue weighted by atomic mass is 79.9. The topological polar surface area (TPSA) is 63.2 Å². The first-order valence-corrected chi connectivity index (χ1v) is 8.80. The molecule has 1 aromatic carbocycles. The fourth-order valence-electron chi connectivity index (χ4n) is 2.49. The summed E-state index contributed by atoms with van der Waals surface area (Å²) in [5.74, 6) is -0.408. The minimum absolute atomic E-state index is 0.408. The highest BCUT2D eigenvalue weighted by Gasteiger charge is 2.49. The molecule has 1 N–H and O–H groups in total. The molecule has 19 heavy (non-hydrogen) atoms. The molecule has 104 valence electrons. The van der Waals surface area contributed by atoms with Crippen molar-refractivity contribution in [1.29, 1.82) is 0 Å². The summed E-state index contributed by atoms with van der Waals surface area (Å²) in [6.07, 6.45) is 3.53. The Morgan fingerprint density at radius 1 is 1.21 bits per heavy atom. The van der Waals surface area contributed by atoms with Crippen LogP contribution in [0.4, 0.5) is 5.69 Å². The van der Waals surface area contributed by atoms with Crippen molar-refractivity contribution in [3.05, 3.63) is 28.7 Å². The maximum atomic E-state index is 12.4. The second-order valence-electron chi connectivity index (χ2n) is 4.93. The normalized spacial score (nSPS) is 18.2. The van der Waals surface area contributed by atoms with Gasteiger partial charge in [-0.25, -0.2) is 8.42 Å². The molecule has 0 bridgehead atoms. The van der Waals surface area contributed by atoms with Crippen molar-refractivity contribution in [1.82, 2.24) is 0 Å². The van der Waals surface area contributed by atoms with Crippen LogP contribution in [-0.2, 0) is 14.6 Å². The number of sulfone groups is 1. The van der Waals surface area contributed by atoms with Gasteiger partial charge in [0.05, 0.1) is 0 Å². The molecule has 1 aromatic rings. The van der Waals surface area contributed by atoms with E-state index in [0.29, 0.717) is 18.5 Å². The lowest BCUT2D eigenvalue weighted by molar-refractivity contribution is -0.118. The fraction of sp³-hybridized carbons (Fsp3) is 0.462. The van der Waals surface area contributed by atoms with E-state index in [0.717, 1.165) is 23.6 Å². The summed E-state index contributed by atoms with van der Waals surface area (Å²) in [5, 5.41) is 2.72. The first-order valence-electron chi connectivity index (χ1n) is 6.12. The van der Waals surface area contributed by atoms with Crippen LogP contribution in [0.3, 0.4) is 0 Å². The van der Waals surface area contributed by atoms with Gasteiger partial charge in [-0.15, -0.1) is 0 Å². The Morgan fingerprint density at radius 2 is 1.74 bits per heavy atom. The summed E-state index contributed by atoms with van der Waals surface area (Å²) in [5.41, 5.74) is 0.614. The molecule has 1 aliphatic rings. The summed E-state index contributed by atoms with van der Waals surface area (Å²) < 4.78 is 23.6. The molecule has 0 aromatic heterocycles. The number of halogens is 1. The summed E-state index contributed by atoms with van der Waals surface area (Å²) in [6.45, 7) is 0. The Morgan fingerprint density at radius 3 is 2.21 bits per heavy atom. The lowest BCUT2D eigenvalue weighted by Crippen LogP contribution is -2.47. The van der Waals surface area contributed by atoms with Crippen LogP contribution in [0, 0.1) is 0 Å². The average Bonchev–Trinajstić information content (AvgIpc) is 2.82. The van der Waals surface area contributed by atoms with Gasteiger partial charge in [0.1, 0.15) is 0 Å². The van der Waals surface area contributed by atoms with E-state index >= 15 is 0 Å². The van der Waals surface area contributed by atoms with Crippen molar-refractivity contribution in [2.45, 2.75) is 30.4 Å². The first kappa shape index (κ1) is 14.5. The van der Waals surface area contributed by atoms with Crippen LogP contribution in [0.1, 0.15) is 25.7 Å². The van der Waals surface area contributed by atoms with Gasteiger partial charge in [-0.05, 0) is 37.1 Å². The van der Waals surface area contributed by atoms with E-state index in [1.165, 1.54) is 0 Å². The van der Waals surface area contributed by atoms with E-state index in [9.17, 15) is 13.2 Å². The molecular formula is C13H16BrNO3S. The highest BCUT2D eigenvalue weighted by Crippen LogP contribution is 2.37. The van der Waals surface area contributed by atoms with Crippen molar-refractivity contribution >= 4 is 37.4 Å². The Balaban J connectivity index is 2.25. The zero-order chi connectivity index (χ0) is 14.1. The van der Waals surface area contributed by atoms with Crippen molar-refractivity contribution in [3.63, 3.8) is 0 Å². The minimum Gasteiger partial charge on any atom is -0.325 e. The van der Waals surface area contributed by atoms with Crippen molar-refractivity contribution in [3.8, 4) is 0 Å². The monoisotopic (exact) mass is 345 g/mol. The molecule has 1 fully saturated rings. The van der Waals surface area contributed by atoms with Gasteiger partial charge < -0.3 is 5.32 Å². The highest BCUT2D eigenvalue weighted by molar-refractivity contribution is 9.10. The summed E-state index contributed by atoms with van der Waals surface area (Å²) >= 11 is 3.31. The second-order valence-corrected chi connectivity index (χ2v) is 8.18. The molecular weight excluding hydrogens is 330 g/mol. The van der Waals surface area contributed by atoms with Crippen LogP contribution >= 0.6 is 15.9 Å². The molecule has 2 rings (SSSR count). The number of hydrogen-bond donors (Lipinski definition) is 1. The fourth-order valence-corrected chi connectivity index (χ4v) is 4.17. The Kier molecular flexibility index (Phi) is 4.01. The number of hydrogen-bond acceptors (Lipinski definition) is 3. The lowest BCUT2D eigenvalue weighted by atomic mass is 10.1. The van der Waals surface area contributed by atoms with E-state index in [4.69, 9.17) is 0 Å². The molecule has 0 unspecified atom stereocenters. The zero-order valence-corrected chi connectivity index (χ0v) is 13.1. The SMILES string of the molecule is CS(=O)(=O)C1(C(=O)Nc2ccc(Br)cc2)CCCC1. The maximum absolute atomic E-state index is 12.4. The average molecular weight is 346 g/mol. The van der Waals surface area contributed by atoms with Crippen LogP contribution in [0.5, 0.6) is 0 Å². The lowest BCUT2D eigenvalue weighted by Gasteiger charge is -2.25. The number of carbonyl (C=O) groups is 1. The van der Waals surface area contributed by atoms with Crippen LogP contribution in [-0.4, -0.2) is 25.3 Å². The molecule has 0 atom stereocenters. The van der Waals surface area contributed by atoms with Gasteiger partial charge in [-0.3, -0.25) is 4.79 Å². The maximum Gasteiger partial charge on any atom is 0.245 e. The number of amides is 1. The molecule has 0 spiro atoms. The molecule has 6 heteroatoms. The Labute approximate surface area is 121 Å². The standard InChI is InChI=1S/C13H16BrNO3S/c1-19(17,18)13(8-2-3-9-13)12(16)15-11-6-4-10(14)5-7-11/h4-7H,2-3,8-9H2,1H3,(H,15,16). The van der Waals surface area contributed by atoms with Crippen molar-refractivity contribution in [2.24, 2.45) is 0 Å². The molecule has 1 saturated carbocycles. The summed E-state index contributed by atoms with van der Waals surface area (Å²) in [6, 6.07) is 7.09. The number of rotatable bonds is 3. The minimum atomic E-state index is -3.41. The predicted octanol–water partition coefficient (Wildman–Crippen LogP) is 2.75. The van der Waals surface area contributed by atoms with E-state index in [-0.39, 0.29) is 0 Å². The molecule has 1 amide bonds. The largest absolute Gasteiger partial charge is 0.325 e. The van der Waals surface area contributed by atoms with E-state index in [1.54, 1.807) is 24.3 Å². The second kappa shape index (κ2) is 5.25. The summed E-state index contributed by atoms with van der Waals surface area (Å²) in [4.78, 5) is 12.4. The van der Waals surface area contributed by atoms with Crippen LogP contribution in [0.15, 0.2) is 28.7 Å². The van der Waals surface area contributed by atoms with Gasteiger partial charge in [-0.1, -0.05) is 28.8 Å². The van der Waals surface area contributed by atoms with Crippen LogP contribution in [0.25, 0.3) is 0 Å². The number of carbonyl (C=O) groups excluding carboxylic acids is 1. The quantitative estimate of drug-likeness (QED) is 0.915. The molecule has 1 aliphatic carbocycles. The Bertz CT molecular complexity index is 574. The molecule has 4 nitrogen and oxygen atoms in total. The van der Waals surface area contributed by atoms with Gasteiger partial charge in [0.25, 0.3) is 0 Å². The molecule has 0 saturated heterocycles. The number of nitrogens with one attached hydrogen (secondary N) is 1. The van der Waals surface area contributed by atoms with E-state index < -0.39 is 20.5 Å². The van der Waals surface area contributed by atoms with Gasteiger partial charge in [0.2, 0.25) is 5.91 Å². The number of benzene rings is 1. The van der Waals surface area contributed by atoms with Crippen molar-refractivity contribution < 1.29 is 13.2 Å². The first-order chi connectivity index (χ1) is 8.85. The number of anilines is 1. The Hall–Kier alpha value is -0.880. The van der Waals surface area contributed by atoms with Gasteiger partial charge >= 0.3 is 0 Å². The third kappa shape index (κ3) is 2.84. The zero-order valence-electron chi connectivity index (χ0n) is 10.6. The van der Waals surface area contributed by atoms with E-state index in [2.05, 4.69) is 21.2 Å². The molecule has 0 heterocycles. The third-order valence-corrected chi connectivity index (χ3v) is 6.18. The van der Waals surface area contributed by atoms with Crippen molar-refractivity contribution in [2.75, 3.05) is 11.6 Å². The summed E-state index contributed by atoms with van der Waals surface area (Å²) in [7, 11) is -3.41. The van der Waals surface area contributed by atoms with Gasteiger partial charge in [-0.2, -0.15) is 0 Å². The predicted molar refractivity (Wildman–Crippen MR) is 78.8 cm³/mol. The van der Waals surface area contributed by atoms with Gasteiger partial charge in [0.15, 0.2) is 14.6 Å². The third-order valence-electron chi connectivity index (χ3n) is 3.64. The smallest absolute Gasteiger partial charge is 0.245 e. The van der Waals surface area contributed by atoms with Gasteiger partial charge in [0, 0.05) is 16.4 Å².